The fourth-order valence-corrected chi connectivity index (χ4v) is 2.84. The first kappa shape index (κ1) is 16.0. The molecule has 0 spiro atoms. The summed E-state index contributed by atoms with van der Waals surface area (Å²) in [6.07, 6.45) is 0. The van der Waals surface area contributed by atoms with E-state index in [1.807, 2.05) is 0 Å². The van der Waals surface area contributed by atoms with Crippen molar-refractivity contribution in [3.8, 4) is 5.75 Å². The molecular formula is C16H11Cl2F2NO2. The Morgan fingerprint density at radius 3 is 2.43 bits per heavy atom. The largest absolute Gasteiger partial charge is 0.435 e. The molecule has 2 aromatic carbocycles. The van der Waals surface area contributed by atoms with Gasteiger partial charge >= 0.3 is 6.61 Å². The topological polar surface area (TPSA) is 29.5 Å². The first-order chi connectivity index (χ1) is 10.9. The Balaban J connectivity index is 1.73. The molecule has 0 aliphatic carbocycles. The van der Waals surface area contributed by atoms with Crippen LogP contribution in [-0.4, -0.2) is 17.4 Å². The van der Waals surface area contributed by atoms with Gasteiger partial charge in [0.05, 0.1) is 10.0 Å². The molecule has 1 amide bonds. The summed E-state index contributed by atoms with van der Waals surface area (Å²) in [6, 6.07) is 9.45. The van der Waals surface area contributed by atoms with E-state index in [1.165, 1.54) is 12.1 Å². The van der Waals surface area contributed by atoms with Gasteiger partial charge in [-0.25, -0.2) is 0 Å². The Bertz CT molecular complexity index is 750. The number of fused-ring (bicyclic) bond motifs is 1. The van der Waals surface area contributed by atoms with Crippen LogP contribution in [0.15, 0.2) is 36.4 Å². The maximum Gasteiger partial charge on any atom is 0.387 e. The van der Waals surface area contributed by atoms with Gasteiger partial charge in [0.2, 0.25) is 0 Å². The molecule has 3 nitrogen and oxygen atoms in total. The van der Waals surface area contributed by atoms with Gasteiger partial charge in [0, 0.05) is 18.7 Å². The summed E-state index contributed by atoms with van der Waals surface area (Å²) in [4.78, 5) is 14.0. The molecule has 0 atom stereocenters. The molecule has 0 fully saturated rings. The van der Waals surface area contributed by atoms with Gasteiger partial charge in [-0.3, -0.25) is 4.79 Å². The van der Waals surface area contributed by atoms with Crippen molar-refractivity contribution in [2.45, 2.75) is 19.7 Å². The van der Waals surface area contributed by atoms with E-state index >= 15 is 0 Å². The number of amides is 1. The van der Waals surface area contributed by atoms with Crippen molar-refractivity contribution in [1.29, 1.82) is 0 Å². The Morgan fingerprint density at radius 2 is 1.78 bits per heavy atom. The molecular weight excluding hydrogens is 347 g/mol. The summed E-state index contributed by atoms with van der Waals surface area (Å²) in [5, 5.41) is 0.752. The molecule has 1 aliphatic rings. The minimum atomic E-state index is -2.86. The van der Waals surface area contributed by atoms with Gasteiger partial charge < -0.3 is 9.64 Å². The van der Waals surface area contributed by atoms with E-state index < -0.39 is 6.61 Å². The Labute approximate surface area is 141 Å². The van der Waals surface area contributed by atoms with Gasteiger partial charge in [0.1, 0.15) is 5.75 Å². The van der Waals surface area contributed by atoms with Gasteiger partial charge in [-0.2, -0.15) is 8.78 Å². The lowest BCUT2D eigenvalue weighted by molar-refractivity contribution is -0.0498. The van der Waals surface area contributed by atoms with E-state index in [-0.39, 0.29) is 11.7 Å². The van der Waals surface area contributed by atoms with Gasteiger partial charge in [0.25, 0.3) is 5.91 Å². The molecule has 0 saturated carbocycles. The monoisotopic (exact) mass is 357 g/mol. The Morgan fingerprint density at radius 1 is 1.13 bits per heavy atom. The van der Waals surface area contributed by atoms with E-state index in [4.69, 9.17) is 23.2 Å². The fourth-order valence-electron chi connectivity index (χ4n) is 2.49. The number of nitrogens with zero attached hydrogens (tertiary/aromatic N) is 1. The van der Waals surface area contributed by atoms with Crippen molar-refractivity contribution in [2.24, 2.45) is 0 Å². The molecule has 0 unspecified atom stereocenters. The number of halogens is 4. The molecule has 3 rings (SSSR count). The average Bonchev–Trinajstić information content (AvgIpc) is 2.78. The van der Waals surface area contributed by atoms with E-state index in [0.717, 1.165) is 11.1 Å². The van der Waals surface area contributed by atoms with Crippen LogP contribution < -0.4 is 4.74 Å². The van der Waals surface area contributed by atoms with Crippen LogP contribution in [0.3, 0.4) is 0 Å². The number of hydrogen-bond donors (Lipinski definition) is 0. The maximum absolute atomic E-state index is 12.4. The standard InChI is InChI=1S/C16H11Cl2F2NO2/c17-13-5-10-8-21(15(22)12(10)6-14(13)18)7-9-1-3-11(4-2-9)23-16(19)20/h1-6,16H,7-8H2. The highest BCUT2D eigenvalue weighted by molar-refractivity contribution is 6.42. The lowest BCUT2D eigenvalue weighted by atomic mass is 10.1. The molecule has 0 radical (unpaired) electrons. The zero-order valence-corrected chi connectivity index (χ0v) is 13.2. The third kappa shape index (κ3) is 3.41. The van der Waals surface area contributed by atoms with Crippen molar-refractivity contribution in [3.05, 3.63) is 63.1 Å². The number of rotatable bonds is 4. The number of ether oxygens (including phenoxy) is 1. The third-order valence-electron chi connectivity index (χ3n) is 3.55. The predicted molar refractivity (Wildman–Crippen MR) is 83.1 cm³/mol. The van der Waals surface area contributed by atoms with Crippen molar-refractivity contribution in [1.82, 2.24) is 4.90 Å². The highest BCUT2D eigenvalue weighted by Gasteiger charge is 2.28. The van der Waals surface area contributed by atoms with Crippen LogP contribution in [0.1, 0.15) is 21.5 Å². The van der Waals surface area contributed by atoms with Gasteiger partial charge in [0.15, 0.2) is 0 Å². The van der Waals surface area contributed by atoms with Crippen LogP contribution in [-0.2, 0) is 13.1 Å². The molecule has 120 valence electrons. The van der Waals surface area contributed by atoms with E-state index in [1.54, 1.807) is 29.2 Å². The minimum Gasteiger partial charge on any atom is -0.435 e. The lowest BCUT2D eigenvalue weighted by Crippen LogP contribution is -2.23. The molecule has 7 heteroatoms. The zero-order chi connectivity index (χ0) is 16.6. The van der Waals surface area contributed by atoms with Gasteiger partial charge in [-0.15, -0.1) is 0 Å². The second kappa shape index (κ2) is 6.34. The number of carbonyl (C=O) groups excluding carboxylic acids is 1. The molecule has 2 aromatic rings. The van der Waals surface area contributed by atoms with E-state index in [9.17, 15) is 13.6 Å². The normalized spacial score (nSPS) is 13.6. The molecule has 0 aromatic heterocycles. The Hall–Kier alpha value is -1.85. The van der Waals surface area contributed by atoms with Gasteiger partial charge in [-0.05, 0) is 35.4 Å². The van der Waals surface area contributed by atoms with E-state index in [2.05, 4.69) is 4.74 Å². The third-order valence-corrected chi connectivity index (χ3v) is 4.27. The number of benzene rings is 2. The summed E-state index contributed by atoms with van der Waals surface area (Å²) >= 11 is 11.9. The highest BCUT2D eigenvalue weighted by atomic mass is 35.5. The molecule has 23 heavy (non-hydrogen) atoms. The van der Waals surface area contributed by atoms with Crippen LogP contribution in [0.5, 0.6) is 5.75 Å². The average molecular weight is 358 g/mol. The molecule has 1 aliphatic heterocycles. The van der Waals surface area contributed by atoms with Crippen molar-refractivity contribution < 1.29 is 18.3 Å². The predicted octanol–water partition coefficient (Wildman–Crippen LogP) is 4.75. The molecule has 0 N–H and O–H groups in total. The zero-order valence-electron chi connectivity index (χ0n) is 11.7. The van der Waals surface area contributed by atoms with E-state index in [0.29, 0.717) is 28.7 Å². The van der Waals surface area contributed by atoms with Crippen LogP contribution in [0.2, 0.25) is 10.0 Å². The van der Waals surface area contributed by atoms with Crippen molar-refractivity contribution >= 4 is 29.1 Å². The van der Waals surface area contributed by atoms with Crippen LogP contribution in [0.4, 0.5) is 8.78 Å². The molecule has 1 heterocycles. The lowest BCUT2D eigenvalue weighted by Gasteiger charge is -2.16. The Kier molecular flexibility index (Phi) is 4.41. The minimum absolute atomic E-state index is 0.0818. The smallest absolute Gasteiger partial charge is 0.387 e. The van der Waals surface area contributed by atoms with Crippen LogP contribution in [0, 0.1) is 0 Å². The summed E-state index contributed by atoms with van der Waals surface area (Å²) in [7, 11) is 0. The quantitative estimate of drug-likeness (QED) is 0.789. The summed E-state index contributed by atoms with van der Waals surface area (Å²) in [5.41, 5.74) is 2.17. The SMILES string of the molecule is O=C1c2cc(Cl)c(Cl)cc2CN1Cc1ccc(OC(F)F)cc1. The number of carbonyl (C=O) groups is 1. The number of alkyl halides is 2. The molecule has 0 saturated heterocycles. The summed E-state index contributed by atoms with van der Waals surface area (Å²) in [5.74, 6) is -0.0511. The second-order valence-corrected chi connectivity index (χ2v) is 5.92. The van der Waals surface area contributed by atoms with Gasteiger partial charge in [-0.1, -0.05) is 35.3 Å². The second-order valence-electron chi connectivity index (χ2n) is 5.11. The molecule has 0 bridgehead atoms. The van der Waals surface area contributed by atoms with Crippen LogP contribution >= 0.6 is 23.2 Å². The number of hydrogen-bond acceptors (Lipinski definition) is 2. The van der Waals surface area contributed by atoms with Crippen LogP contribution in [0.25, 0.3) is 0 Å². The summed E-state index contributed by atoms with van der Waals surface area (Å²) < 4.78 is 28.5. The van der Waals surface area contributed by atoms with Crippen molar-refractivity contribution in [2.75, 3.05) is 0 Å². The first-order valence-corrected chi connectivity index (χ1v) is 7.50. The summed E-state index contributed by atoms with van der Waals surface area (Å²) in [6.45, 7) is -2.07. The highest BCUT2D eigenvalue weighted by Crippen LogP contribution is 2.32. The van der Waals surface area contributed by atoms with Crippen molar-refractivity contribution in [3.63, 3.8) is 0 Å². The maximum atomic E-state index is 12.4. The first-order valence-electron chi connectivity index (χ1n) is 6.75. The fraction of sp³-hybridized carbons (Fsp3) is 0.188.